The Morgan fingerprint density at radius 3 is 2.71 bits per heavy atom. The van der Waals surface area contributed by atoms with Crippen LogP contribution < -0.4 is 5.73 Å². The number of pyridine rings is 1. The third-order valence-electron chi connectivity index (χ3n) is 2.51. The summed E-state index contributed by atoms with van der Waals surface area (Å²) in [6.45, 7) is 0. The average molecular weight is 370 g/mol. The van der Waals surface area contributed by atoms with E-state index in [9.17, 15) is 8.42 Å². The molecular weight excluding hydrogens is 362 g/mol. The van der Waals surface area contributed by atoms with E-state index in [0.29, 0.717) is 10.2 Å². The van der Waals surface area contributed by atoms with Crippen LogP contribution in [-0.2, 0) is 9.84 Å². The Labute approximate surface area is 127 Å². The van der Waals surface area contributed by atoms with E-state index in [0.717, 1.165) is 10.8 Å². The molecule has 2 N–H and O–H groups in total. The van der Waals surface area contributed by atoms with Crippen LogP contribution in [0, 0.1) is 0 Å². The molecule has 3 heterocycles. The Morgan fingerprint density at radius 2 is 2.05 bits per heavy atom. The van der Waals surface area contributed by atoms with Crippen LogP contribution in [0.4, 0.5) is 5.95 Å². The van der Waals surface area contributed by atoms with E-state index in [1.165, 1.54) is 0 Å². The number of aromatic nitrogens is 6. The van der Waals surface area contributed by atoms with E-state index in [2.05, 4.69) is 41.0 Å². The van der Waals surface area contributed by atoms with Gasteiger partial charge in [0.25, 0.3) is 10.9 Å². The van der Waals surface area contributed by atoms with Crippen molar-refractivity contribution in [3.63, 3.8) is 0 Å². The number of anilines is 1. The lowest BCUT2D eigenvalue weighted by Gasteiger charge is -1.99. The minimum Gasteiger partial charge on any atom is -0.368 e. The van der Waals surface area contributed by atoms with Crippen LogP contribution in [0.15, 0.2) is 28.0 Å². The molecule has 9 nitrogen and oxygen atoms in total. The molecular formula is C10H8BrN7O2S. The molecule has 0 saturated carbocycles. The van der Waals surface area contributed by atoms with Gasteiger partial charge in [0, 0.05) is 16.9 Å². The van der Waals surface area contributed by atoms with E-state index in [1.54, 1.807) is 18.3 Å². The van der Waals surface area contributed by atoms with Gasteiger partial charge in [-0.2, -0.15) is 19.5 Å². The van der Waals surface area contributed by atoms with Crippen molar-refractivity contribution >= 4 is 37.5 Å². The van der Waals surface area contributed by atoms with Gasteiger partial charge in [0.1, 0.15) is 5.69 Å². The van der Waals surface area contributed by atoms with Crippen molar-refractivity contribution in [3.8, 4) is 11.5 Å². The van der Waals surface area contributed by atoms with Crippen LogP contribution in [-0.4, -0.2) is 44.2 Å². The van der Waals surface area contributed by atoms with Crippen molar-refractivity contribution in [3.05, 3.63) is 22.8 Å². The van der Waals surface area contributed by atoms with Crippen LogP contribution in [0.25, 0.3) is 17.3 Å². The highest BCUT2D eigenvalue weighted by atomic mass is 79.9. The summed E-state index contributed by atoms with van der Waals surface area (Å²) in [5, 5.41) is 3.74. The van der Waals surface area contributed by atoms with E-state index >= 15 is 0 Å². The normalized spacial score (nSPS) is 11.9. The molecule has 11 heteroatoms. The van der Waals surface area contributed by atoms with Crippen LogP contribution in [0.1, 0.15) is 0 Å². The van der Waals surface area contributed by atoms with Crippen molar-refractivity contribution in [2.75, 3.05) is 12.0 Å². The number of nitrogens with zero attached hydrogens (tertiary/aromatic N) is 6. The average Bonchev–Trinajstić information content (AvgIpc) is 2.82. The standard InChI is InChI=1S/C10H8BrN7O2S/c1-21(19,20)10-15-8(12)18-9(16-10)14-7(17-18)6-5(11)3-2-4-13-6/h2-4H,1H3,(H2,12,14,15,16,17). The molecule has 108 valence electrons. The molecule has 0 aliphatic carbocycles. The molecule has 21 heavy (non-hydrogen) atoms. The highest BCUT2D eigenvalue weighted by molar-refractivity contribution is 9.10. The number of halogens is 1. The van der Waals surface area contributed by atoms with Crippen molar-refractivity contribution in [1.82, 2.24) is 29.5 Å². The lowest BCUT2D eigenvalue weighted by molar-refractivity contribution is 0.592. The van der Waals surface area contributed by atoms with Crippen LogP contribution in [0.2, 0.25) is 0 Å². The van der Waals surface area contributed by atoms with Gasteiger partial charge < -0.3 is 5.73 Å². The van der Waals surface area contributed by atoms with Gasteiger partial charge in [-0.05, 0) is 28.1 Å². The lowest BCUT2D eigenvalue weighted by atomic mass is 10.3. The predicted octanol–water partition coefficient (Wildman–Crippen LogP) is 0.329. The van der Waals surface area contributed by atoms with Crippen molar-refractivity contribution in [2.24, 2.45) is 0 Å². The van der Waals surface area contributed by atoms with Gasteiger partial charge in [0.05, 0.1) is 0 Å². The number of fused-ring (bicyclic) bond motifs is 1. The zero-order valence-electron chi connectivity index (χ0n) is 10.6. The highest BCUT2D eigenvalue weighted by Gasteiger charge is 2.18. The first kappa shape index (κ1) is 13.8. The third kappa shape index (κ3) is 2.45. The maximum absolute atomic E-state index is 11.5. The zero-order valence-corrected chi connectivity index (χ0v) is 13.0. The number of sulfone groups is 1. The second-order valence-electron chi connectivity index (χ2n) is 4.12. The molecule has 0 unspecified atom stereocenters. The van der Waals surface area contributed by atoms with Gasteiger partial charge in [-0.3, -0.25) is 4.98 Å². The minimum absolute atomic E-state index is 0.0375. The molecule has 0 radical (unpaired) electrons. The van der Waals surface area contributed by atoms with Crippen molar-refractivity contribution < 1.29 is 8.42 Å². The Morgan fingerprint density at radius 1 is 1.29 bits per heavy atom. The van der Waals surface area contributed by atoms with Gasteiger partial charge in [0.2, 0.25) is 21.6 Å². The summed E-state index contributed by atoms with van der Waals surface area (Å²) in [5.41, 5.74) is 6.19. The molecule has 0 amide bonds. The Bertz CT molecular complexity index is 953. The molecule has 0 spiro atoms. The summed E-state index contributed by atoms with van der Waals surface area (Å²) < 4.78 is 24.9. The molecule has 0 aromatic carbocycles. The van der Waals surface area contributed by atoms with Crippen LogP contribution in [0.3, 0.4) is 0 Å². The molecule has 3 rings (SSSR count). The van der Waals surface area contributed by atoms with Crippen LogP contribution >= 0.6 is 15.9 Å². The van der Waals surface area contributed by atoms with Gasteiger partial charge in [0.15, 0.2) is 0 Å². The molecule has 0 fully saturated rings. The topological polar surface area (TPSA) is 129 Å². The molecule has 3 aromatic rings. The van der Waals surface area contributed by atoms with E-state index in [1.807, 2.05) is 0 Å². The first-order valence-corrected chi connectivity index (χ1v) is 8.26. The second kappa shape index (κ2) is 4.70. The van der Waals surface area contributed by atoms with E-state index in [-0.39, 0.29) is 17.6 Å². The summed E-state index contributed by atoms with van der Waals surface area (Å²) in [7, 11) is -3.59. The Kier molecular flexibility index (Phi) is 3.10. The monoisotopic (exact) mass is 369 g/mol. The lowest BCUT2D eigenvalue weighted by Crippen LogP contribution is -2.11. The molecule has 0 saturated heterocycles. The molecule has 0 bridgehead atoms. The SMILES string of the molecule is CS(=O)(=O)c1nc(N)n2nc(-c3ncccc3Br)nc2n1. The zero-order chi connectivity index (χ0) is 15.2. The quantitative estimate of drug-likeness (QED) is 0.683. The maximum atomic E-state index is 11.5. The first-order chi connectivity index (χ1) is 9.86. The largest absolute Gasteiger partial charge is 0.368 e. The van der Waals surface area contributed by atoms with Gasteiger partial charge in [-0.25, -0.2) is 8.42 Å². The number of hydrogen-bond acceptors (Lipinski definition) is 8. The fourth-order valence-electron chi connectivity index (χ4n) is 1.60. The summed E-state index contributed by atoms with van der Waals surface area (Å²) in [6.07, 6.45) is 2.58. The van der Waals surface area contributed by atoms with Crippen molar-refractivity contribution in [1.29, 1.82) is 0 Å². The molecule has 0 atom stereocenters. The Balaban J connectivity index is 2.26. The molecule has 0 aliphatic rings. The smallest absolute Gasteiger partial charge is 0.258 e. The fraction of sp³-hybridized carbons (Fsp3) is 0.100. The molecule has 0 aliphatic heterocycles. The van der Waals surface area contributed by atoms with Crippen molar-refractivity contribution in [2.45, 2.75) is 5.16 Å². The van der Waals surface area contributed by atoms with E-state index in [4.69, 9.17) is 5.73 Å². The summed E-state index contributed by atoms with van der Waals surface area (Å²) in [6, 6.07) is 3.53. The number of nitrogen functional groups attached to an aromatic ring is 1. The minimum atomic E-state index is -3.59. The Hall–Kier alpha value is -2.14. The maximum Gasteiger partial charge on any atom is 0.258 e. The predicted molar refractivity (Wildman–Crippen MR) is 77.0 cm³/mol. The third-order valence-corrected chi connectivity index (χ3v) is 4.00. The molecule has 3 aromatic heterocycles. The summed E-state index contributed by atoms with van der Waals surface area (Å²) in [5.74, 6) is 0.177. The first-order valence-electron chi connectivity index (χ1n) is 5.57. The van der Waals surface area contributed by atoms with Gasteiger partial charge in [-0.15, -0.1) is 5.10 Å². The van der Waals surface area contributed by atoms with E-state index < -0.39 is 15.0 Å². The van der Waals surface area contributed by atoms with Gasteiger partial charge >= 0.3 is 0 Å². The van der Waals surface area contributed by atoms with Crippen LogP contribution in [0.5, 0.6) is 0 Å². The fourth-order valence-corrected chi connectivity index (χ4v) is 2.54. The highest BCUT2D eigenvalue weighted by Crippen LogP contribution is 2.23. The number of rotatable bonds is 2. The second-order valence-corrected chi connectivity index (χ2v) is 6.88. The number of hydrogen-bond donors (Lipinski definition) is 1. The summed E-state index contributed by atoms with van der Waals surface area (Å²) in [4.78, 5) is 15.9. The summed E-state index contributed by atoms with van der Waals surface area (Å²) >= 11 is 3.34. The number of nitrogens with two attached hydrogens (primary N) is 1. The van der Waals surface area contributed by atoms with Gasteiger partial charge in [-0.1, -0.05) is 0 Å².